The molecular formula is C29H32F10K2O7. The second-order valence-electron chi connectivity index (χ2n) is 7.60. The topological polar surface area (TPSA) is 117 Å². The maximum Gasteiger partial charge on any atom is 1.00 e. The molecule has 3 rings (SSSR count). The van der Waals surface area contributed by atoms with E-state index in [9.17, 15) is 43.9 Å². The fraction of sp³-hybridized carbons (Fsp3) is 0.241. The van der Waals surface area contributed by atoms with Gasteiger partial charge < -0.3 is 35.0 Å². The van der Waals surface area contributed by atoms with Crippen molar-refractivity contribution in [3.63, 3.8) is 0 Å². The first-order valence-electron chi connectivity index (χ1n) is 11.6. The average molecular weight is 761 g/mol. The van der Waals surface area contributed by atoms with Crippen molar-refractivity contribution in [1.29, 1.82) is 0 Å². The van der Waals surface area contributed by atoms with E-state index in [1.54, 1.807) is 38.5 Å². The van der Waals surface area contributed by atoms with Crippen molar-refractivity contribution in [2.75, 3.05) is 21.3 Å². The number of ether oxygens (including phenoxy) is 4. The van der Waals surface area contributed by atoms with Crippen LogP contribution in [0.3, 0.4) is 0 Å². The summed E-state index contributed by atoms with van der Waals surface area (Å²) in [6.07, 6.45) is -15.0. The third-order valence-corrected chi connectivity index (χ3v) is 4.20. The molecule has 0 heterocycles. The predicted octanol–water partition coefficient (Wildman–Crippen LogP) is 3.42. The molecule has 7 nitrogen and oxygen atoms in total. The molecule has 262 valence electrons. The molecule has 0 aromatic heterocycles. The summed E-state index contributed by atoms with van der Waals surface area (Å²) < 4.78 is 130. The summed E-state index contributed by atoms with van der Waals surface area (Å²) in [5.74, 6) is -0.250. The fourth-order valence-electron chi connectivity index (χ4n) is 2.10. The number of phenols is 1. The number of alkyl halides is 7. The van der Waals surface area contributed by atoms with Gasteiger partial charge in [-0.15, -0.1) is 0 Å². The van der Waals surface area contributed by atoms with Gasteiger partial charge in [0.15, 0.2) is 5.83 Å². The fourth-order valence-corrected chi connectivity index (χ4v) is 2.10. The Bertz CT molecular complexity index is 1170. The summed E-state index contributed by atoms with van der Waals surface area (Å²) in [5, 5.41) is 8.80. The van der Waals surface area contributed by atoms with Crippen molar-refractivity contribution in [1.82, 2.24) is 0 Å². The minimum atomic E-state index is -4.86. The van der Waals surface area contributed by atoms with Gasteiger partial charge in [-0.1, -0.05) is 24.3 Å². The van der Waals surface area contributed by atoms with Crippen molar-refractivity contribution in [3.05, 3.63) is 103 Å². The molecule has 3 aromatic carbocycles. The van der Waals surface area contributed by atoms with E-state index in [1.165, 1.54) is 24.8 Å². The van der Waals surface area contributed by atoms with Gasteiger partial charge in [-0.3, -0.25) is 0 Å². The summed E-state index contributed by atoms with van der Waals surface area (Å²) in [4.78, 5) is 0. The summed E-state index contributed by atoms with van der Waals surface area (Å²) in [5.41, 5.74) is 1.26. The number of phenolic OH excluding ortho intramolecular Hbond substituents is 1. The summed E-state index contributed by atoms with van der Waals surface area (Å²) in [6, 6.07) is 19.4. The Morgan fingerprint density at radius 2 is 0.875 bits per heavy atom. The summed E-state index contributed by atoms with van der Waals surface area (Å²) in [7, 11) is 4.65. The zero-order valence-corrected chi connectivity index (χ0v) is 32.9. The molecule has 0 aliphatic carbocycles. The van der Waals surface area contributed by atoms with Crippen molar-refractivity contribution in [3.8, 4) is 28.7 Å². The molecule has 0 atom stereocenters. The van der Waals surface area contributed by atoms with Crippen LogP contribution in [0.15, 0.2) is 97.9 Å². The van der Waals surface area contributed by atoms with Crippen LogP contribution in [-0.4, -0.2) is 56.1 Å². The standard InChI is InChI=1S/C9H8F4O2.C8H10O.C7H8O2.C3H2F4.C2H2F2.2K.2H2O/c1-14-6-2-4-7(5-3-6)15-9(12,13)8(10)11;1-7-3-5-8(9-2)6-4-7;1-9-7-4-2-6(8)3-5-7;1-2(4)3(5,6)7;1-2(3)4;;;;/h2-5,8H,1H3;3-6H,1-2H3;2-5,8H,1H3;1H2;1H2;;;2*1H2/q;;;;;2*+1;;/p-2. The van der Waals surface area contributed by atoms with Crippen LogP contribution in [0.1, 0.15) is 5.56 Å². The molecule has 0 saturated carbocycles. The molecule has 0 radical (unpaired) electrons. The van der Waals surface area contributed by atoms with Crippen LogP contribution in [0.5, 0.6) is 28.7 Å². The van der Waals surface area contributed by atoms with Gasteiger partial charge in [0.1, 0.15) is 28.7 Å². The second-order valence-corrected chi connectivity index (χ2v) is 7.60. The maximum atomic E-state index is 12.4. The van der Waals surface area contributed by atoms with E-state index in [2.05, 4.69) is 18.2 Å². The van der Waals surface area contributed by atoms with Gasteiger partial charge in [-0.25, -0.2) is 4.39 Å². The van der Waals surface area contributed by atoms with Gasteiger partial charge >= 0.3 is 121 Å². The molecule has 0 bridgehead atoms. The van der Waals surface area contributed by atoms with E-state index in [-0.39, 0.29) is 125 Å². The van der Waals surface area contributed by atoms with Crippen LogP contribution in [-0.2, 0) is 0 Å². The van der Waals surface area contributed by atoms with Crippen LogP contribution < -0.4 is 122 Å². The number of aryl methyl sites for hydroxylation is 1. The van der Waals surface area contributed by atoms with E-state index in [4.69, 9.17) is 19.3 Å². The third-order valence-electron chi connectivity index (χ3n) is 4.20. The van der Waals surface area contributed by atoms with Gasteiger partial charge in [-0.05, 0) is 74.2 Å². The van der Waals surface area contributed by atoms with E-state index < -0.39 is 30.6 Å². The number of aromatic hydroxyl groups is 1. The van der Waals surface area contributed by atoms with Crippen LogP contribution in [0, 0.1) is 6.92 Å². The van der Waals surface area contributed by atoms with Crippen LogP contribution in [0.4, 0.5) is 43.9 Å². The number of allylic oxidation sites excluding steroid dienone is 1. The maximum absolute atomic E-state index is 12.4. The van der Waals surface area contributed by atoms with Crippen LogP contribution >= 0.6 is 0 Å². The van der Waals surface area contributed by atoms with Crippen molar-refractivity contribution in [2.45, 2.75) is 25.6 Å². The molecule has 3 aromatic rings. The Morgan fingerprint density at radius 3 is 1.12 bits per heavy atom. The molecule has 0 spiro atoms. The summed E-state index contributed by atoms with van der Waals surface area (Å²) >= 11 is 0. The van der Waals surface area contributed by atoms with Crippen molar-refractivity contribution < 1.29 is 182 Å². The molecule has 0 fully saturated rings. The molecule has 0 unspecified atom stereocenters. The van der Waals surface area contributed by atoms with E-state index in [0.717, 1.165) is 23.6 Å². The minimum absolute atomic E-state index is 0. The number of halogens is 10. The van der Waals surface area contributed by atoms with Gasteiger partial charge in [0.2, 0.25) is 0 Å². The Balaban J connectivity index is -0.000000119. The Kier molecular flexibility index (Phi) is 38.7. The number of rotatable bonds is 6. The zero-order chi connectivity index (χ0) is 34.5. The van der Waals surface area contributed by atoms with Gasteiger partial charge in [0.25, 0.3) is 6.08 Å². The molecule has 3 N–H and O–H groups in total. The van der Waals surface area contributed by atoms with Gasteiger partial charge in [0, 0.05) is 0 Å². The Hall–Kier alpha value is -1.37. The third kappa shape index (κ3) is 31.9. The molecule has 48 heavy (non-hydrogen) atoms. The first-order valence-corrected chi connectivity index (χ1v) is 11.6. The number of hydrogen-bond donors (Lipinski definition) is 1. The Morgan fingerprint density at radius 1 is 0.625 bits per heavy atom. The normalized spacial score (nSPS) is 9.23. The second kappa shape index (κ2) is 31.6. The van der Waals surface area contributed by atoms with Crippen molar-refractivity contribution >= 4 is 0 Å². The van der Waals surface area contributed by atoms with Crippen LogP contribution in [0.25, 0.3) is 0 Å². The first kappa shape index (κ1) is 58.8. The molecule has 0 aliphatic heterocycles. The van der Waals surface area contributed by atoms with Crippen LogP contribution in [0.2, 0.25) is 0 Å². The average Bonchev–Trinajstić information content (AvgIpc) is 2.94. The zero-order valence-electron chi connectivity index (χ0n) is 26.7. The monoisotopic (exact) mass is 760 g/mol. The molecule has 0 aliphatic rings. The number of hydrogen-bond acceptors (Lipinski definition) is 7. The molecule has 19 heteroatoms. The smallest absolute Gasteiger partial charge is 0.870 e. The summed E-state index contributed by atoms with van der Waals surface area (Å²) in [6.45, 7) is 6.31. The first-order chi connectivity index (χ1) is 20.3. The minimum Gasteiger partial charge on any atom is -0.870 e. The largest absolute Gasteiger partial charge is 1.00 e. The van der Waals surface area contributed by atoms with Gasteiger partial charge in [-0.2, -0.15) is 39.5 Å². The molecule has 0 saturated heterocycles. The quantitative estimate of drug-likeness (QED) is 0.303. The van der Waals surface area contributed by atoms with Gasteiger partial charge in [0.05, 0.1) is 21.3 Å². The molecular weight excluding hydrogens is 728 g/mol. The van der Waals surface area contributed by atoms with Crippen molar-refractivity contribution in [2.24, 2.45) is 0 Å². The van der Waals surface area contributed by atoms with E-state index in [1.807, 2.05) is 30.8 Å². The van der Waals surface area contributed by atoms with E-state index >= 15 is 0 Å². The van der Waals surface area contributed by atoms with E-state index in [0.29, 0.717) is 5.75 Å². The number of benzene rings is 3. The molecule has 0 amide bonds. The Labute approximate surface area is 356 Å². The number of methoxy groups -OCH3 is 3. The SMILES string of the molecule is C=C(F)C(F)(F)F.C=C(F)F.COc1ccc(C)cc1.COc1ccc(O)cc1.COc1ccc(OC(F)(F)C(F)F)cc1.[K+].[K+].[OH-].[OH-]. The predicted molar refractivity (Wildman–Crippen MR) is 148 cm³/mol.